The highest BCUT2D eigenvalue weighted by Crippen LogP contribution is 2.40. The number of pyridine rings is 1. The van der Waals surface area contributed by atoms with Crippen LogP contribution in [0, 0.1) is 0 Å². The Balaban J connectivity index is 1.16. The topological polar surface area (TPSA) is 46.7 Å². The number of hydrogen-bond donors (Lipinski definition) is 0. The molecule has 6 nitrogen and oxygen atoms in total. The summed E-state index contributed by atoms with van der Waals surface area (Å²) in [7, 11) is 2.11. The van der Waals surface area contributed by atoms with Crippen LogP contribution >= 0.6 is 0 Å². The first-order chi connectivity index (χ1) is 23.8. The van der Waals surface area contributed by atoms with Gasteiger partial charge in [-0.05, 0) is 52.9 Å². The predicted octanol–water partition coefficient (Wildman–Crippen LogP) is 10.9. The Hall–Kier alpha value is -6.01. The molecule has 3 aromatic heterocycles. The van der Waals surface area contributed by atoms with Gasteiger partial charge in [-0.25, -0.2) is 4.98 Å². The zero-order valence-corrected chi connectivity index (χ0v) is 28.0. The first-order valence-corrected chi connectivity index (χ1v) is 16.7. The third-order valence-corrected chi connectivity index (χ3v) is 9.50. The summed E-state index contributed by atoms with van der Waals surface area (Å²) < 4.78 is 15.2. The Morgan fingerprint density at radius 1 is 0.673 bits per heavy atom. The smallest absolute Gasteiger partial charge is 0.141 e. The second-order valence-electron chi connectivity index (χ2n) is 13.9. The highest BCUT2D eigenvalue weighted by atomic mass is 16.5. The number of anilines is 1. The van der Waals surface area contributed by atoms with Crippen LogP contribution in [-0.2, 0) is 5.41 Å². The van der Waals surface area contributed by atoms with Crippen LogP contribution in [0.5, 0.6) is 11.5 Å². The number of para-hydroxylation sites is 2. The summed E-state index contributed by atoms with van der Waals surface area (Å²) in [5, 5.41) is 4.37. The highest BCUT2D eigenvalue weighted by Gasteiger charge is 2.25. The van der Waals surface area contributed by atoms with Gasteiger partial charge in [0.15, 0.2) is 0 Å². The van der Waals surface area contributed by atoms with E-state index in [1.54, 1.807) is 0 Å². The van der Waals surface area contributed by atoms with Crippen LogP contribution in [0.2, 0.25) is 0 Å². The molecule has 0 saturated heterocycles. The quantitative estimate of drug-likeness (QED) is 0.187. The van der Waals surface area contributed by atoms with Crippen LogP contribution < -0.4 is 9.64 Å². The Morgan fingerprint density at radius 2 is 1.43 bits per heavy atom. The van der Waals surface area contributed by atoms with E-state index in [0.717, 1.165) is 73.4 Å². The van der Waals surface area contributed by atoms with Gasteiger partial charge in [0.05, 0.1) is 23.4 Å². The molecule has 0 saturated carbocycles. The Kier molecular flexibility index (Phi) is 6.56. The van der Waals surface area contributed by atoms with Crippen molar-refractivity contribution in [2.75, 3.05) is 18.6 Å². The summed E-state index contributed by atoms with van der Waals surface area (Å²) in [6.45, 7) is 7.49. The molecule has 0 fully saturated rings. The van der Waals surface area contributed by atoms with Gasteiger partial charge in [-0.3, -0.25) is 4.57 Å². The standard InChI is InChI=1S/C43H36N4O2/c1-43(2,3)29-20-30(46-27-45(4)26-39(46)28-12-6-5-7-13-28)22-32(21-29)48-31-18-19-34-33-14-8-10-16-37(33)47(38(34)23-31)42-24-41-36(25-44-42)35-15-9-11-17-40(35)49-41/h5-26H,27H2,1-4H3. The van der Waals surface area contributed by atoms with Gasteiger partial charge in [0.1, 0.15) is 28.5 Å². The molecule has 1 aliphatic rings. The Morgan fingerprint density at radius 3 is 2.27 bits per heavy atom. The molecule has 0 aliphatic carbocycles. The lowest BCUT2D eigenvalue weighted by Gasteiger charge is -2.27. The number of aromatic nitrogens is 2. The summed E-state index contributed by atoms with van der Waals surface area (Å²) in [6, 6.07) is 42.1. The van der Waals surface area contributed by atoms with Crippen LogP contribution in [0.1, 0.15) is 31.9 Å². The average molecular weight is 641 g/mol. The number of nitrogens with zero attached hydrogens (tertiary/aromatic N) is 4. The first-order valence-electron chi connectivity index (χ1n) is 16.7. The molecule has 0 unspecified atom stereocenters. The third kappa shape index (κ3) is 4.99. The molecular formula is C43H36N4O2. The van der Waals surface area contributed by atoms with Gasteiger partial charge in [0.25, 0.3) is 0 Å². The van der Waals surface area contributed by atoms with Crippen LogP contribution in [0.3, 0.4) is 0 Å². The molecular weight excluding hydrogens is 604 g/mol. The predicted molar refractivity (Wildman–Crippen MR) is 201 cm³/mol. The van der Waals surface area contributed by atoms with Crippen LogP contribution in [0.15, 0.2) is 138 Å². The van der Waals surface area contributed by atoms with E-state index in [4.69, 9.17) is 14.1 Å². The zero-order valence-electron chi connectivity index (χ0n) is 28.0. The summed E-state index contributed by atoms with van der Waals surface area (Å²) in [4.78, 5) is 9.54. The summed E-state index contributed by atoms with van der Waals surface area (Å²) in [6.07, 6.45) is 4.13. The van der Waals surface area contributed by atoms with Gasteiger partial charge in [-0.1, -0.05) is 87.5 Å². The van der Waals surface area contributed by atoms with Crippen molar-refractivity contribution in [1.29, 1.82) is 0 Å². The molecule has 6 heteroatoms. The fourth-order valence-corrected chi connectivity index (χ4v) is 7.04. The number of fused-ring (bicyclic) bond motifs is 6. The molecule has 49 heavy (non-hydrogen) atoms. The molecule has 240 valence electrons. The van der Waals surface area contributed by atoms with Gasteiger partial charge in [-0.2, -0.15) is 0 Å². The van der Waals surface area contributed by atoms with Crippen molar-refractivity contribution < 1.29 is 9.15 Å². The minimum atomic E-state index is -0.0757. The van der Waals surface area contributed by atoms with E-state index < -0.39 is 0 Å². The van der Waals surface area contributed by atoms with Gasteiger partial charge in [0.2, 0.25) is 0 Å². The molecule has 0 N–H and O–H groups in total. The van der Waals surface area contributed by atoms with Crippen molar-refractivity contribution in [1.82, 2.24) is 14.5 Å². The number of furan rings is 1. The normalized spacial score (nSPS) is 13.7. The monoisotopic (exact) mass is 640 g/mol. The maximum atomic E-state index is 6.78. The van der Waals surface area contributed by atoms with Crippen LogP contribution in [0.25, 0.3) is 55.3 Å². The second kappa shape index (κ2) is 11.0. The summed E-state index contributed by atoms with van der Waals surface area (Å²) in [5.41, 5.74) is 8.35. The molecule has 0 radical (unpaired) electrons. The lowest BCUT2D eigenvalue weighted by Crippen LogP contribution is -2.24. The Labute approximate surface area is 285 Å². The van der Waals surface area contributed by atoms with Crippen molar-refractivity contribution in [3.8, 4) is 17.3 Å². The fourth-order valence-electron chi connectivity index (χ4n) is 7.04. The molecule has 4 heterocycles. The molecule has 9 rings (SSSR count). The molecule has 0 spiro atoms. The molecule has 8 aromatic rings. The van der Waals surface area contributed by atoms with Crippen LogP contribution in [0.4, 0.5) is 5.69 Å². The van der Waals surface area contributed by atoms with E-state index >= 15 is 0 Å². The number of ether oxygens (including phenoxy) is 1. The number of benzene rings is 5. The highest BCUT2D eigenvalue weighted by molar-refractivity contribution is 6.10. The second-order valence-corrected chi connectivity index (χ2v) is 13.9. The van der Waals surface area contributed by atoms with Crippen LogP contribution in [-0.4, -0.2) is 28.2 Å². The van der Waals surface area contributed by atoms with E-state index in [-0.39, 0.29) is 5.41 Å². The average Bonchev–Trinajstić information content (AvgIpc) is 3.78. The van der Waals surface area contributed by atoms with Gasteiger partial charge >= 0.3 is 0 Å². The maximum absolute atomic E-state index is 6.78. The van der Waals surface area contributed by atoms with E-state index in [1.807, 2.05) is 30.5 Å². The molecule has 1 aliphatic heterocycles. The van der Waals surface area contributed by atoms with Gasteiger partial charge in [0, 0.05) is 64.9 Å². The van der Waals surface area contributed by atoms with Crippen molar-refractivity contribution >= 4 is 55.1 Å². The zero-order chi connectivity index (χ0) is 33.3. The summed E-state index contributed by atoms with van der Waals surface area (Å²) >= 11 is 0. The minimum Gasteiger partial charge on any atom is -0.457 e. The Bertz CT molecular complexity index is 2570. The lowest BCUT2D eigenvalue weighted by molar-refractivity contribution is 0.477. The van der Waals surface area contributed by atoms with E-state index in [9.17, 15) is 0 Å². The lowest BCUT2D eigenvalue weighted by atomic mass is 9.86. The van der Waals surface area contributed by atoms with Crippen molar-refractivity contribution in [3.63, 3.8) is 0 Å². The van der Waals surface area contributed by atoms with Crippen molar-refractivity contribution in [2.24, 2.45) is 0 Å². The van der Waals surface area contributed by atoms with Gasteiger partial charge < -0.3 is 19.0 Å². The van der Waals surface area contributed by atoms with Gasteiger partial charge in [-0.15, -0.1) is 0 Å². The molecule has 0 bridgehead atoms. The van der Waals surface area contributed by atoms with Crippen molar-refractivity contribution in [3.05, 3.63) is 145 Å². The molecule has 0 atom stereocenters. The SMILES string of the molecule is CN1C=C(c2ccccc2)N(c2cc(Oc3ccc4c5ccccc5n(-c5cc6oc7ccccc7c6cn5)c4c3)cc(C(C)(C)C)c2)C1. The fraction of sp³-hybridized carbons (Fsp3) is 0.140. The minimum absolute atomic E-state index is 0.0757. The van der Waals surface area contributed by atoms with E-state index in [1.165, 1.54) is 16.8 Å². The van der Waals surface area contributed by atoms with E-state index in [0.29, 0.717) is 0 Å². The van der Waals surface area contributed by atoms with E-state index in [2.05, 4.69) is 145 Å². The number of rotatable bonds is 5. The van der Waals surface area contributed by atoms with Crippen molar-refractivity contribution in [2.45, 2.75) is 26.2 Å². The number of hydrogen-bond acceptors (Lipinski definition) is 5. The largest absolute Gasteiger partial charge is 0.457 e. The molecule has 5 aromatic carbocycles. The third-order valence-electron chi connectivity index (χ3n) is 9.50. The molecule has 0 amide bonds. The summed E-state index contributed by atoms with van der Waals surface area (Å²) in [5.74, 6) is 2.36. The maximum Gasteiger partial charge on any atom is 0.141 e. The first kappa shape index (κ1) is 29.2.